The van der Waals surface area contributed by atoms with Crippen molar-refractivity contribution in [2.75, 3.05) is 26.3 Å². The Balaban J connectivity index is 0.000000845. The van der Waals surface area contributed by atoms with Gasteiger partial charge in [0, 0.05) is 0 Å². The van der Waals surface area contributed by atoms with Crippen molar-refractivity contribution in [1.82, 2.24) is 5.32 Å². The quantitative estimate of drug-likeness (QED) is 0.660. The lowest BCUT2D eigenvalue weighted by atomic mass is 9.77. The van der Waals surface area contributed by atoms with E-state index in [0.717, 1.165) is 26.1 Å². The van der Waals surface area contributed by atoms with Crippen LogP contribution in [0.25, 0.3) is 0 Å². The van der Waals surface area contributed by atoms with Gasteiger partial charge in [-0.2, -0.15) is 0 Å². The molecule has 13 heavy (non-hydrogen) atoms. The van der Waals surface area contributed by atoms with Crippen LogP contribution in [0.4, 0.5) is 0 Å². The molecule has 1 spiro atoms. The predicted molar refractivity (Wildman–Crippen MR) is 53.2 cm³/mol. The third-order valence-corrected chi connectivity index (χ3v) is 3.15. The molecule has 0 bridgehead atoms. The SMILES string of the molecule is Cl.OCC1CC2(CCNCC2)CO1. The van der Waals surface area contributed by atoms with E-state index in [1.54, 1.807) is 0 Å². The molecule has 4 heteroatoms. The summed E-state index contributed by atoms with van der Waals surface area (Å²) in [5, 5.41) is 12.3. The normalized spacial score (nSPS) is 31.6. The van der Waals surface area contributed by atoms with Gasteiger partial charge in [-0.25, -0.2) is 0 Å². The molecule has 1 atom stereocenters. The second-order valence-corrected chi connectivity index (χ2v) is 4.07. The Labute approximate surface area is 85.3 Å². The van der Waals surface area contributed by atoms with Gasteiger partial charge in [-0.3, -0.25) is 0 Å². The third-order valence-electron chi connectivity index (χ3n) is 3.15. The second kappa shape index (κ2) is 4.60. The lowest BCUT2D eigenvalue weighted by Gasteiger charge is -2.32. The molecule has 3 nitrogen and oxygen atoms in total. The van der Waals surface area contributed by atoms with Crippen molar-refractivity contribution in [2.45, 2.75) is 25.4 Å². The van der Waals surface area contributed by atoms with Gasteiger partial charge in [0.05, 0.1) is 19.3 Å². The molecule has 0 saturated carbocycles. The number of hydrogen-bond acceptors (Lipinski definition) is 3. The van der Waals surface area contributed by atoms with Crippen molar-refractivity contribution in [2.24, 2.45) is 5.41 Å². The van der Waals surface area contributed by atoms with Crippen LogP contribution in [0.15, 0.2) is 0 Å². The zero-order valence-corrected chi connectivity index (χ0v) is 8.61. The number of piperidine rings is 1. The molecule has 2 N–H and O–H groups in total. The summed E-state index contributed by atoms with van der Waals surface area (Å²) in [6.07, 6.45) is 3.60. The van der Waals surface area contributed by atoms with Crippen LogP contribution < -0.4 is 5.32 Å². The molecule has 0 aromatic heterocycles. The molecule has 2 saturated heterocycles. The monoisotopic (exact) mass is 207 g/mol. The molecule has 0 aromatic carbocycles. The molecular formula is C9H18ClNO2. The minimum atomic E-state index is 0. The first-order valence-corrected chi connectivity index (χ1v) is 4.78. The lowest BCUT2D eigenvalue weighted by Crippen LogP contribution is -2.37. The van der Waals surface area contributed by atoms with Gasteiger partial charge in [-0.15, -0.1) is 12.4 Å². The van der Waals surface area contributed by atoms with Crippen molar-refractivity contribution in [3.8, 4) is 0 Å². The van der Waals surface area contributed by atoms with Crippen molar-refractivity contribution in [1.29, 1.82) is 0 Å². The van der Waals surface area contributed by atoms with E-state index in [0.29, 0.717) is 5.41 Å². The average Bonchev–Trinajstić information content (AvgIpc) is 2.50. The fraction of sp³-hybridized carbons (Fsp3) is 1.00. The Morgan fingerprint density at radius 3 is 2.62 bits per heavy atom. The molecule has 2 aliphatic heterocycles. The molecule has 0 aromatic rings. The molecule has 2 fully saturated rings. The summed E-state index contributed by atoms with van der Waals surface area (Å²) >= 11 is 0. The molecule has 0 amide bonds. The molecular weight excluding hydrogens is 190 g/mol. The fourth-order valence-corrected chi connectivity index (χ4v) is 2.32. The Kier molecular flexibility index (Phi) is 3.98. The largest absolute Gasteiger partial charge is 0.394 e. The first-order chi connectivity index (χ1) is 5.85. The van der Waals surface area contributed by atoms with E-state index in [2.05, 4.69) is 5.32 Å². The number of hydrogen-bond donors (Lipinski definition) is 2. The van der Waals surface area contributed by atoms with Crippen LogP contribution in [0, 0.1) is 5.41 Å². The molecule has 0 radical (unpaired) electrons. The molecule has 0 aliphatic carbocycles. The maximum atomic E-state index is 8.94. The van der Waals surface area contributed by atoms with Crippen LogP contribution in [-0.4, -0.2) is 37.5 Å². The van der Waals surface area contributed by atoms with Crippen LogP contribution in [0.1, 0.15) is 19.3 Å². The minimum absolute atomic E-state index is 0. The third kappa shape index (κ3) is 2.34. The molecule has 2 rings (SSSR count). The zero-order valence-electron chi connectivity index (χ0n) is 7.79. The topological polar surface area (TPSA) is 41.5 Å². The highest BCUT2D eigenvalue weighted by atomic mass is 35.5. The summed E-state index contributed by atoms with van der Waals surface area (Å²) in [7, 11) is 0. The summed E-state index contributed by atoms with van der Waals surface area (Å²) in [5.41, 5.74) is 0.401. The smallest absolute Gasteiger partial charge is 0.0812 e. The summed E-state index contributed by atoms with van der Waals surface area (Å²) in [6.45, 7) is 3.28. The highest BCUT2D eigenvalue weighted by molar-refractivity contribution is 5.85. The number of aliphatic hydroxyl groups excluding tert-OH is 1. The molecule has 2 aliphatic rings. The number of halogens is 1. The first-order valence-electron chi connectivity index (χ1n) is 4.78. The highest BCUT2D eigenvalue weighted by Gasteiger charge is 2.40. The number of aliphatic hydroxyl groups is 1. The van der Waals surface area contributed by atoms with E-state index in [1.807, 2.05) is 0 Å². The summed E-state index contributed by atoms with van der Waals surface area (Å²) in [4.78, 5) is 0. The van der Waals surface area contributed by atoms with Crippen LogP contribution >= 0.6 is 12.4 Å². The Bertz CT molecular complexity index is 160. The highest BCUT2D eigenvalue weighted by Crippen LogP contribution is 2.39. The summed E-state index contributed by atoms with van der Waals surface area (Å²) in [5.74, 6) is 0. The predicted octanol–water partition coefficient (Wildman–Crippen LogP) is 0.559. The van der Waals surface area contributed by atoms with Crippen molar-refractivity contribution in [3.05, 3.63) is 0 Å². The number of rotatable bonds is 1. The maximum absolute atomic E-state index is 8.94. The molecule has 78 valence electrons. The van der Waals surface area contributed by atoms with Gasteiger partial charge in [0.25, 0.3) is 0 Å². The van der Waals surface area contributed by atoms with Gasteiger partial charge in [0.2, 0.25) is 0 Å². The van der Waals surface area contributed by atoms with Crippen molar-refractivity contribution >= 4 is 12.4 Å². The fourth-order valence-electron chi connectivity index (χ4n) is 2.32. The number of ether oxygens (including phenoxy) is 1. The number of nitrogens with one attached hydrogen (secondary N) is 1. The Morgan fingerprint density at radius 2 is 2.08 bits per heavy atom. The first kappa shape index (κ1) is 11.2. The minimum Gasteiger partial charge on any atom is -0.394 e. The van der Waals surface area contributed by atoms with Crippen LogP contribution in [0.5, 0.6) is 0 Å². The van der Waals surface area contributed by atoms with E-state index < -0.39 is 0 Å². The van der Waals surface area contributed by atoms with Crippen LogP contribution in [0.2, 0.25) is 0 Å². The van der Waals surface area contributed by atoms with Gasteiger partial charge >= 0.3 is 0 Å². The Hall–Kier alpha value is 0.170. The summed E-state index contributed by atoms with van der Waals surface area (Å²) in [6, 6.07) is 0. The molecule has 1 unspecified atom stereocenters. The lowest BCUT2D eigenvalue weighted by molar-refractivity contribution is 0.0500. The van der Waals surface area contributed by atoms with Gasteiger partial charge in [-0.05, 0) is 37.8 Å². The van der Waals surface area contributed by atoms with Gasteiger partial charge in [0.1, 0.15) is 0 Å². The van der Waals surface area contributed by atoms with Gasteiger partial charge in [0.15, 0.2) is 0 Å². The van der Waals surface area contributed by atoms with Crippen LogP contribution in [0.3, 0.4) is 0 Å². The van der Waals surface area contributed by atoms with Crippen molar-refractivity contribution < 1.29 is 9.84 Å². The second-order valence-electron chi connectivity index (χ2n) is 4.07. The van der Waals surface area contributed by atoms with Crippen LogP contribution in [-0.2, 0) is 4.74 Å². The van der Waals surface area contributed by atoms with Gasteiger partial charge in [-0.1, -0.05) is 0 Å². The standard InChI is InChI=1S/C9H17NO2.ClH/c11-6-8-5-9(7-12-8)1-3-10-4-2-9;/h8,10-11H,1-7H2;1H. The van der Waals surface area contributed by atoms with E-state index in [1.165, 1.54) is 12.8 Å². The van der Waals surface area contributed by atoms with E-state index >= 15 is 0 Å². The summed E-state index contributed by atoms with van der Waals surface area (Å²) < 4.78 is 5.52. The average molecular weight is 208 g/mol. The maximum Gasteiger partial charge on any atom is 0.0812 e. The van der Waals surface area contributed by atoms with Gasteiger partial charge < -0.3 is 15.2 Å². The zero-order chi connectivity index (χ0) is 8.44. The van der Waals surface area contributed by atoms with E-state index in [-0.39, 0.29) is 25.1 Å². The Morgan fingerprint density at radius 1 is 1.38 bits per heavy atom. The van der Waals surface area contributed by atoms with E-state index in [4.69, 9.17) is 9.84 Å². The van der Waals surface area contributed by atoms with Crippen molar-refractivity contribution in [3.63, 3.8) is 0 Å². The molecule has 2 heterocycles. The van der Waals surface area contributed by atoms with E-state index in [9.17, 15) is 0 Å².